The zero-order chi connectivity index (χ0) is 13.0. The highest BCUT2D eigenvalue weighted by atomic mass is 35.5. The van der Waals surface area contributed by atoms with Gasteiger partial charge < -0.3 is 5.32 Å². The first kappa shape index (κ1) is 12.5. The fraction of sp³-hybridized carbons (Fsp3) is 0.133. The largest absolute Gasteiger partial charge is 0.380 e. The highest BCUT2D eigenvalue weighted by Crippen LogP contribution is 2.23. The van der Waals surface area contributed by atoms with Crippen molar-refractivity contribution < 1.29 is 0 Å². The van der Waals surface area contributed by atoms with Crippen LogP contribution in [0.4, 0.5) is 5.69 Å². The number of anilines is 1. The first-order chi connectivity index (χ1) is 8.70. The predicted octanol–water partition coefficient (Wildman–Crippen LogP) is 4.13. The maximum atomic E-state index is 9.06. The van der Waals surface area contributed by atoms with Gasteiger partial charge in [-0.2, -0.15) is 5.26 Å². The Morgan fingerprint density at radius 3 is 2.56 bits per heavy atom. The molecule has 0 fully saturated rings. The van der Waals surface area contributed by atoms with Crippen molar-refractivity contribution in [1.82, 2.24) is 0 Å². The quantitative estimate of drug-likeness (QED) is 0.896. The summed E-state index contributed by atoms with van der Waals surface area (Å²) in [4.78, 5) is 0. The summed E-state index contributed by atoms with van der Waals surface area (Å²) in [7, 11) is 0. The van der Waals surface area contributed by atoms with Crippen LogP contribution in [-0.4, -0.2) is 0 Å². The lowest BCUT2D eigenvalue weighted by Crippen LogP contribution is -2.01. The van der Waals surface area contributed by atoms with E-state index in [0.717, 1.165) is 5.69 Å². The minimum Gasteiger partial charge on any atom is -0.380 e. The van der Waals surface area contributed by atoms with E-state index in [1.807, 2.05) is 12.1 Å². The van der Waals surface area contributed by atoms with Crippen LogP contribution in [0.1, 0.15) is 16.7 Å². The predicted molar refractivity (Wildman–Crippen MR) is 74.7 cm³/mol. The van der Waals surface area contributed by atoms with E-state index in [1.54, 1.807) is 6.07 Å². The number of nitrogens with zero attached hydrogens (tertiary/aromatic N) is 1. The maximum absolute atomic E-state index is 9.06. The van der Waals surface area contributed by atoms with Gasteiger partial charge >= 0.3 is 0 Å². The topological polar surface area (TPSA) is 35.8 Å². The molecule has 1 N–H and O–H groups in total. The van der Waals surface area contributed by atoms with Crippen LogP contribution >= 0.6 is 11.6 Å². The van der Waals surface area contributed by atoms with Gasteiger partial charge in [-0.05, 0) is 24.6 Å². The van der Waals surface area contributed by atoms with Crippen LogP contribution in [0.25, 0.3) is 0 Å². The number of nitrogens with one attached hydrogen (secondary N) is 1. The number of halogens is 1. The van der Waals surface area contributed by atoms with E-state index in [9.17, 15) is 0 Å². The summed E-state index contributed by atoms with van der Waals surface area (Å²) in [6.45, 7) is 2.73. The standard InChI is InChI=1S/C15H13ClN2/c1-11-5-7-12(8-6-11)10-18-15-4-2-3-14(16)13(15)9-17/h2-8,18H,10H2,1H3. The lowest BCUT2D eigenvalue weighted by atomic mass is 10.1. The lowest BCUT2D eigenvalue weighted by molar-refractivity contribution is 1.14. The lowest BCUT2D eigenvalue weighted by Gasteiger charge is -2.09. The second-order valence-corrected chi connectivity index (χ2v) is 4.52. The number of rotatable bonds is 3. The second-order valence-electron chi connectivity index (χ2n) is 4.11. The van der Waals surface area contributed by atoms with Crippen molar-refractivity contribution in [3.05, 3.63) is 64.2 Å². The van der Waals surface area contributed by atoms with Gasteiger partial charge in [0.2, 0.25) is 0 Å². The molecule has 18 heavy (non-hydrogen) atoms. The molecule has 0 aromatic heterocycles. The molecular formula is C15H13ClN2. The SMILES string of the molecule is Cc1ccc(CNc2cccc(Cl)c2C#N)cc1. The van der Waals surface area contributed by atoms with E-state index in [2.05, 4.69) is 42.6 Å². The number of aryl methyl sites for hydroxylation is 1. The smallest absolute Gasteiger partial charge is 0.103 e. The van der Waals surface area contributed by atoms with Gasteiger partial charge in [0.05, 0.1) is 16.3 Å². The molecule has 0 aliphatic heterocycles. The third-order valence-corrected chi connectivity index (χ3v) is 3.04. The summed E-state index contributed by atoms with van der Waals surface area (Å²) in [6, 6.07) is 15.8. The Morgan fingerprint density at radius 2 is 1.89 bits per heavy atom. The molecule has 2 nitrogen and oxygen atoms in total. The Balaban J connectivity index is 2.14. The fourth-order valence-electron chi connectivity index (χ4n) is 1.69. The van der Waals surface area contributed by atoms with E-state index in [-0.39, 0.29) is 0 Å². The molecule has 3 heteroatoms. The Bertz CT molecular complexity index is 582. The van der Waals surface area contributed by atoms with Crippen LogP contribution < -0.4 is 5.32 Å². The Morgan fingerprint density at radius 1 is 1.17 bits per heavy atom. The van der Waals surface area contributed by atoms with E-state index in [0.29, 0.717) is 17.1 Å². The summed E-state index contributed by atoms with van der Waals surface area (Å²) in [5, 5.41) is 12.8. The van der Waals surface area contributed by atoms with E-state index >= 15 is 0 Å². The number of hydrogen-bond donors (Lipinski definition) is 1. The van der Waals surface area contributed by atoms with Crippen LogP contribution in [0.3, 0.4) is 0 Å². The van der Waals surface area contributed by atoms with Crippen LogP contribution in [-0.2, 0) is 6.54 Å². The monoisotopic (exact) mass is 256 g/mol. The van der Waals surface area contributed by atoms with Crippen molar-refractivity contribution in [1.29, 1.82) is 5.26 Å². The molecule has 0 aliphatic carbocycles. The molecule has 0 saturated heterocycles. The van der Waals surface area contributed by atoms with Gasteiger partial charge in [-0.25, -0.2) is 0 Å². The molecule has 0 unspecified atom stereocenters. The summed E-state index contributed by atoms with van der Waals surface area (Å²) in [6.07, 6.45) is 0. The summed E-state index contributed by atoms with van der Waals surface area (Å²) < 4.78 is 0. The molecule has 0 radical (unpaired) electrons. The van der Waals surface area contributed by atoms with Gasteiger partial charge in [0.25, 0.3) is 0 Å². The van der Waals surface area contributed by atoms with Crippen LogP contribution in [0, 0.1) is 18.3 Å². The van der Waals surface area contributed by atoms with Gasteiger partial charge in [0, 0.05) is 6.54 Å². The van der Waals surface area contributed by atoms with Gasteiger partial charge in [-0.1, -0.05) is 47.5 Å². The Labute approximate surface area is 112 Å². The van der Waals surface area contributed by atoms with E-state index in [4.69, 9.17) is 16.9 Å². The summed E-state index contributed by atoms with van der Waals surface area (Å²) in [5.74, 6) is 0. The fourth-order valence-corrected chi connectivity index (χ4v) is 1.91. The first-order valence-corrected chi connectivity index (χ1v) is 6.06. The third kappa shape index (κ3) is 2.82. The summed E-state index contributed by atoms with van der Waals surface area (Å²) >= 11 is 5.97. The zero-order valence-electron chi connectivity index (χ0n) is 10.1. The van der Waals surface area contributed by atoms with E-state index in [1.165, 1.54) is 11.1 Å². The number of nitriles is 1. The van der Waals surface area contributed by atoms with Crippen LogP contribution in [0.5, 0.6) is 0 Å². The Hall–Kier alpha value is -1.98. The average Bonchev–Trinajstić information content (AvgIpc) is 2.38. The van der Waals surface area contributed by atoms with E-state index < -0.39 is 0 Å². The highest BCUT2D eigenvalue weighted by Gasteiger charge is 2.05. The van der Waals surface area contributed by atoms with Gasteiger partial charge in [0.1, 0.15) is 6.07 Å². The minimum absolute atomic E-state index is 0.478. The van der Waals surface area contributed by atoms with Crippen molar-refractivity contribution >= 4 is 17.3 Å². The molecule has 0 saturated carbocycles. The van der Waals surface area contributed by atoms with Crippen LogP contribution in [0.15, 0.2) is 42.5 Å². The maximum Gasteiger partial charge on any atom is 0.103 e. The summed E-state index contributed by atoms with van der Waals surface area (Å²) in [5.41, 5.74) is 3.67. The molecular weight excluding hydrogens is 244 g/mol. The van der Waals surface area contributed by atoms with Gasteiger partial charge in [-0.15, -0.1) is 0 Å². The van der Waals surface area contributed by atoms with Crippen molar-refractivity contribution in [3.63, 3.8) is 0 Å². The van der Waals surface area contributed by atoms with Gasteiger partial charge in [0.15, 0.2) is 0 Å². The molecule has 0 bridgehead atoms. The van der Waals surface area contributed by atoms with Crippen LogP contribution in [0.2, 0.25) is 5.02 Å². The molecule has 90 valence electrons. The van der Waals surface area contributed by atoms with Crippen molar-refractivity contribution in [2.75, 3.05) is 5.32 Å². The molecule has 0 aliphatic rings. The number of hydrogen-bond acceptors (Lipinski definition) is 2. The average molecular weight is 257 g/mol. The Kier molecular flexibility index (Phi) is 3.86. The van der Waals surface area contributed by atoms with Crippen molar-refractivity contribution in [2.24, 2.45) is 0 Å². The van der Waals surface area contributed by atoms with Crippen molar-refractivity contribution in [3.8, 4) is 6.07 Å². The normalized spacial score (nSPS) is 9.83. The minimum atomic E-state index is 0.478. The molecule has 0 amide bonds. The zero-order valence-corrected chi connectivity index (χ0v) is 10.8. The molecule has 0 atom stereocenters. The second kappa shape index (κ2) is 5.57. The first-order valence-electron chi connectivity index (χ1n) is 5.69. The molecule has 2 aromatic carbocycles. The molecule has 0 heterocycles. The molecule has 2 aromatic rings. The van der Waals surface area contributed by atoms with Crippen molar-refractivity contribution in [2.45, 2.75) is 13.5 Å². The third-order valence-electron chi connectivity index (χ3n) is 2.73. The highest BCUT2D eigenvalue weighted by molar-refractivity contribution is 6.32. The molecule has 0 spiro atoms. The number of benzene rings is 2. The molecule has 2 rings (SSSR count). The van der Waals surface area contributed by atoms with Gasteiger partial charge in [-0.3, -0.25) is 0 Å².